The Morgan fingerprint density at radius 2 is 1.49 bits per heavy atom. The average Bonchev–Trinajstić information content (AvgIpc) is 3.00. The van der Waals surface area contributed by atoms with Gasteiger partial charge in [-0.05, 0) is 62.1 Å². The van der Waals surface area contributed by atoms with Crippen LogP contribution < -0.4 is 20.1 Å². The van der Waals surface area contributed by atoms with E-state index in [1.54, 1.807) is 6.92 Å². The molecule has 37 heavy (non-hydrogen) atoms. The van der Waals surface area contributed by atoms with Gasteiger partial charge >= 0.3 is 5.97 Å². The summed E-state index contributed by atoms with van der Waals surface area (Å²) in [5, 5.41) is 13.3. The molecule has 2 amide bonds. The third-order valence-electron chi connectivity index (χ3n) is 4.57. The van der Waals surface area contributed by atoms with Crippen molar-refractivity contribution in [2.75, 3.05) is 37.0 Å². The quantitative estimate of drug-likeness (QED) is 0.299. The molecule has 200 valence electrons. The molecule has 0 bridgehead atoms. The van der Waals surface area contributed by atoms with Crippen molar-refractivity contribution < 1.29 is 52.9 Å². The summed E-state index contributed by atoms with van der Waals surface area (Å²) in [6, 6.07) is 0.530. The first-order valence-electron chi connectivity index (χ1n) is 18.4. The van der Waals surface area contributed by atoms with Crippen LogP contribution in [0.25, 0.3) is 0 Å². The van der Waals surface area contributed by atoms with Crippen molar-refractivity contribution in [2.24, 2.45) is 0 Å². The van der Waals surface area contributed by atoms with Gasteiger partial charge < -0.3 is 30.0 Å². The zero-order valence-electron chi connectivity index (χ0n) is 34.0. The lowest BCUT2D eigenvalue weighted by Gasteiger charge is -2.17. The van der Waals surface area contributed by atoms with Gasteiger partial charge in [-0.2, -0.15) is 0 Å². The number of rotatable bonds is 11. The SMILES string of the molecule is [2H]c1cc2c(c([2H])c1OCCCC(=O)OCC)NC(=O)C([2H])([2H])C2([2H])[2H].[2H]c1cc2c(c([2H])c1OCCCC([2H])([2H])O)NC(=O)C([2H])([2H])C2([2H])[2H]. The molecule has 9 nitrogen and oxygen atoms in total. The molecule has 0 radical (unpaired) electrons. The van der Waals surface area contributed by atoms with Crippen molar-refractivity contribution in [3.8, 4) is 11.5 Å². The van der Waals surface area contributed by atoms with Gasteiger partial charge in [0.1, 0.15) is 11.5 Å². The number of carbonyl (C=O) groups is 3. The highest BCUT2D eigenvalue weighted by atomic mass is 16.5. The lowest BCUT2D eigenvalue weighted by molar-refractivity contribution is -0.143. The zero-order valence-corrected chi connectivity index (χ0v) is 20.0. The minimum absolute atomic E-state index is 0.0248. The fourth-order valence-electron chi connectivity index (χ4n) is 2.89. The Hall–Kier alpha value is -3.59. The smallest absolute Gasteiger partial charge is 0.305 e. The van der Waals surface area contributed by atoms with E-state index in [0.717, 1.165) is 12.1 Å². The van der Waals surface area contributed by atoms with E-state index in [2.05, 4.69) is 10.6 Å². The van der Waals surface area contributed by atoms with Gasteiger partial charge in [-0.3, -0.25) is 14.4 Å². The van der Waals surface area contributed by atoms with Crippen molar-refractivity contribution >= 4 is 29.2 Å². The fraction of sp³-hybridized carbons (Fsp3) is 0.464. The Bertz CT molecular complexity index is 1680. The molecule has 9 heteroatoms. The van der Waals surface area contributed by atoms with E-state index in [1.807, 2.05) is 0 Å². The van der Waals surface area contributed by atoms with E-state index in [9.17, 15) is 14.4 Å². The monoisotopic (exact) mass is 526 g/mol. The van der Waals surface area contributed by atoms with E-state index < -0.39 is 55.9 Å². The molecule has 0 saturated heterocycles. The number of ether oxygens (including phenoxy) is 3. The number of carbonyl (C=O) groups excluding carboxylic acids is 3. The summed E-state index contributed by atoms with van der Waals surface area (Å²) in [7, 11) is 0. The lowest BCUT2D eigenvalue weighted by atomic mass is 10.0. The van der Waals surface area contributed by atoms with Crippen LogP contribution in [0.4, 0.5) is 11.4 Å². The van der Waals surface area contributed by atoms with Crippen LogP contribution in [0.1, 0.15) is 75.7 Å². The van der Waals surface area contributed by atoms with Gasteiger partial charge in [-0.15, -0.1) is 0 Å². The van der Waals surface area contributed by atoms with Crippen LogP contribution in [0.2, 0.25) is 0 Å². The predicted octanol–water partition coefficient (Wildman–Crippen LogP) is 4.02. The third kappa shape index (κ3) is 9.42. The van der Waals surface area contributed by atoms with Crippen molar-refractivity contribution in [1.29, 1.82) is 0 Å². The van der Waals surface area contributed by atoms with Gasteiger partial charge in [0.25, 0.3) is 0 Å². The number of hydrogen-bond acceptors (Lipinski definition) is 7. The van der Waals surface area contributed by atoms with Gasteiger partial charge in [0.2, 0.25) is 11.8 Å². The minimum atomic E-state index is -2.85. The Labute approximate surface area is 237 Å². The molecule has 0 aliphatic carbocycles. The summed E-state index contributed by atoms with van der Waals surface area (Å²) in [4.78, 5) is 35.0. The molecule has 0 aromatic heterocycles. The molecular formula is C28H36N2O7. The molecule has 2 aliphatic rings. The first-order chi connectivity index (χ1) is 23.3. The second-order valence-corrected chi connectivity index (χ2v) is 7.34. The first-order valence-corrected chi connectivity index (χ1v) is 11.4. The number of amides is 2. The number of nitrogens with one attached hydrogen (secondary N) is 2. The molecule has 2 aromatic rings. The van der Waals surface area contributed by atoms with Crippen molar-refractivity contribution in [2.45, 2.75) is 58.1 Å². The Kier molecular flexibility index (Phi) is 5.77. The summed E-state index contributed by atoms with van der Waals surface area (Å²) in [5.74, 6) is -3.23. The maximum absolute atomic E-state index is 11.9. The standard InChI is InChI=1S/C15H19NO4.C13H17NO3/c1-2-19-15(18)4-3-9-20-12-7-5-11-6-8-14(17)16-13(11)10-12;15-7-1-2-8-17-11-5-3-10-4-6-13(16)14-12(10)9-11/h5,7,10H,2-4,6,8-9H2,1H3,(H,16,17);3,5,9,15H,1-2,4,6-8H2,(H,14,16)/i6D2,7D,8D2,10D;4D2,5D,6D2,7D2,9D. The minimum Gasteiger partial charge on any atom is -0.494 e. The summed E-state index contributed by atoms with van der Waals surface area (Å²) >= 11 is 0. The number of anilines is 2. The van der Waals surface area contributed by atoms with Crippen molar-refractivity contribution in [3.05, 3.63) is 47.4 Å². The van der Waals surface area contributed by atoms with Gasteiger partial charge in [-0.1, -0.05) is 12.1 Å². The van der Waals surface area contributed by atoms with Gasteiger partial charge in [0.05, 0.1) is 28.0 Å². The Balaban J connectivity index is 0.000000276. The van der Waals surface area contributed by atoms with Gasteiger partial charge in [0.15, 0.2) is 0 Å². The molecule has 4 rings (SSSR count). The van der Waals surface area contributed by atoms with Crippen molar-refractivity contribution in [1.82, 2.24) is 0 Å². The van der Waals surface area contributed by atoms with Crippen LogP contribution in [0, 0.1) is 0 Å². The molecule has 0 fully saturated rings. The van der Waals surface area contributed by atoms with Crippen molar-refractivity contribution in [3.63, 3.8) is 0 Å². The predicted molar refractivity (Wildman–Crippen MR) is 140 cm³/mol. The molecule has 0 unspecified atom stereocenters. The molecule has 0 saturated carbocycles. The van der Waals surface area contributed by atoms with Crippen LogP contribution >= 0.6 is 0 Å². The number of aryl methyl sites for hydroxylation is 2. The maximum Gasteiger partial charge on any atom is 0.305 e. The van der Waals surface area contributed by atoms with E-state index >= 15 is 0 Å². The fourth-order valence-corrected chi connectivity index (χ4v) is 2.89. The third-order valence-corrected chi connectivity index (χ3v) is 4.57. The van der Waals surface area contributed by atoms with E-state index in [-0.39, 0.29) is 91.1 Å². The van der Waals surface area contributed by atoms with Crippen LogP contribution in [0.3, 0.4) is 0 Å². The highest BCUT2D eigenvalue weighted by molar-refractivity contribution is 5.94. The normalized spacial score (nSPS) is 25.0. The summed E-state index contributed by atoms with van der Waals surface area (Å²) in [5.41, 5.74) is -1.07. The number of hydrogen-bond donors (Lipinski definition) is 3. The largest absolute Gasteiger partial charge is 0.494 e. The lowest BCUT2D eigenvalue weighted by Crippen LogP contribution is -2.18. The second kappa shape index (κ2) is 14.8. The molecule has 0 spiro atoms. The molecule has 2 aliphatic heterocycles. The second-order valence-electron chi connectivity index (χ2n) is 7.34. The summed E-state index contributed by atoms with van der Waals surface area (Å²) in [6.07, 6.45) is -10.8. The molecule has 3 N–H and O–H groups in total. The topological polar surface area (TPSA) is 123 Å². The number of fused-ring (bicyclic) bond motifs is 2. The average molecular weight is 527 g/mol. The highest BCUT2D eigenvalue weighted by Gasteiger charge is 2.16. The number of benzene rings is 2. The van der Waals surface area contributed by atoms with Crippen LogP contribution in [0.15, 0.2) is 36.3 Å². The summed E-state index contributed by atoms with van der Waals surface area (Å²) in [6.45, 7) is -0.472. The molecule has 2 heterocycles. The van der Waals surface area contributed by atoms with Crippen LogP contribution in [-0.2, 0) is 31.9 Å². The number of aliphatic hydroxyl groups is 1. The number of esters is 1. The molecule has 2 aromatic carbocycles. The van der Waals surface area contributed by atoms with Crippen LogP contribution in [-0.4, -0.2) is 49.3 Å². The maximum atomic E-state index is 11.9. The summed E-state index contributed by atoms with van der Waals surface area (Å²) < 4.78 is 124. The van der Waals surface area contributed by atoms with E-state index in [0.29, 0.717) is 6.42 Å². The van der Waals surface area contributed by atoms with E-state index in [1.165, 1.54) is 0 Å². The molecular weight excluding hydrogens is 476 g/mol. The Morgan fingerprint density at radius 1 is 0.946 bits per heavy atom. The van der Waals surface area contributed by atoms with E-state index in [4.69, 9.17) is 38.5 Å². The van der Waals surface area contributed by atoms with Gasteiger partial charge in [0, 0.05) is 60.2 Å². The Morgan fingerprint density at radius 3 is 2.00 bits per heavy atom. The zero-order chi connectivity index (χ0) is 38.9. The highest BCUT2D eigenvalue weighted by Crippen LogP contribution is 2.28. The molecule has 0 atom stereocenters. The first kappa shape index (κ1) is 14.4. The van der Waals surface area contributed by atoms with Gasteiger partial charge in [-0.25, -0.2) is 0 Å². The van der Waals surface area contributed by atoms with Crippen LogP contribution in [0.5, 0.6) is 11.5 Å².